The van der Waals surface area contributed by atoms with Crippen LogP contribution >= 0.6 is 11.6 Å². The summed E-state index contributed by atoms with van der Waals surface area (Å²) in [4.78, 5) is 2.42. The van der Waals surface area contributed by atoms with Gasteiger partial charge in [-0.2, -0.15) is 0 Å². The Morgan fingerprint density at radius 1 is 0.435 bits per heavy atom. The van der Waals surface area contributed by atoms with Crippen molar-refractivity contribution in [3.63, 3.8) is 0 Å². The third-order valence-electron chi connectivity index (χ3n) is 10.0. The van der Waals surface area contributed by atoms with Crippen LogP contribution < -0.4 is 4.90 Å². The standard InChI is InChI=1S/C43H27ClN2/c44-37-20-12-24-41-42(37)31-16-5-9-21-38(31)46(41)29-25-26-34-32(27-29)30-15-4-6-17-33(30)43(34)35-18-7-10-22-39(35)45(28-13-2-1-3-14-28)40-23-11-8-19-36(40)43/h1-27H. The molecule has 1 aliphatic carbocycles. The monoisotopic (exact) mass is 606 g/mol. The summed E-state index contributed by atoms with van der Waals surface area (Å²) in [5, 5.41) is 3.03. The molecule has 216 valence electrons. The van der Waals surface area contributed by atoms with Gasteiger partial charge in [-0.05, 0) is 88.0 Å². The smallest absolute Gasteiger partial charge is 0.0754 e. The lowest BCUT2D eigenvalue weighted by Crippen LogP contribution is -2.36. The first kappa shape index (κ1) is 25.7. The molecule has 8 aromatic rings. The van der Waals surface area contributed by atoms with Gasteiger partial charge >= 0.3 is 0 Å². The zero-order chi connectivity index (χ0) is 30.4. The molecule has 0 saturated heterocycles. The summed E-state index contributed by atoms with van der Waals surface area (Å²) in [7, 11) is 0. The van der Waals surface area contributed by atoms with Crippen molar-refractivity contribution in [2.45, 2.75) is 5.41 Å². The second kappa shape index (κ2) is 9.47. The molecule has 0 fully saturated rings. The molecule has 3 heteroatoms. The quantitative estimate of drug-likeness (QED) is 0.190. The highest BCUT2D eigenvalue weighted by atomic mass is 35.5. The lowest BCUT2D eigenvalue weighted by molar-refractivity contribution is 0.752. The number of anilines is 3. The van der Waals surface area contributed by atoms with Gasteiger partial charge in [0.25, 0.3) is 0 Å². The highest BCUT2D eigenvalue weighted by Gasteiger charge is 2.51. The maximum atomic E-state index is 6.83. The van der Waals surface area contributed by atoms with E-state index >= 15 is 0 Å². The van der Waals surface area contributed by atoms with Gasteiger partial charge in [-0.25, -0.2) is 0 Å². The molecule has 46 heavy (non-hydrogen) atoms. The zero-order valence-electron chi connectivity index (χ0n) is 24.9. The van der Waals surface area contributed by atoms with Crippen molar-refractivity contribution in [3.05, 3.63) is 191 Å². The molecule has 0 radical (unpaired) electrons. The maximum absolute atomic E-state index is 6.83. The van der Waals surface area contributed by atoms with Gasteiger partial charge in [0.1, 0.15) is 0 Å². The highest BCUT2D eigenvalue weighted by molar-refractivity contribution is 6.38. The predicted octanol–water partition coefficient (Wildman–Crippen LogP) is 11.6. The van der Waals surface area contributed by atoms with Gasteiger partial charge in [-0.1, -0.05) is 121 Å². The van der Waals surface area contributed by atoms with Crippen LogP contribution in [0.25, 0.3) is 38.6 Å². The normalized spacial score (nSPS) is 13.9. The van der Waals surface area contributed by atoms with Crippen LogP contribution in [0, 0.1) is 0 Å². The topological polar surface area (TPSA) is 8.17 Å². The number of benzene rings is 7. The highest BCUT2D eigenvalue weighted by Crippen LogP contribution is 2.63. The molecule has 2 heterocycles. The number of para-hydroxylation sites is 4. The van der Waals surface area contributed by atoms with Crippen molar-refractivity contribution in [1.82, 2.24) is 4.57 Å². The molecule has 0 saturated carbocycles. The van der Waals surface area contributed by atoms with E-state index in [-0.39, 0.29) is 0 Å². The van der Waals surface area contributed by atoms with Crippen molar-refractivity contribution < 1.29 is 0 Å². The van der Waals surface area contributed by atoms with Gasteiger partial charge in [0.2, 0.25) is 0 Å². The Balaban J connectivity index is 1.30. The van der Waals surface area contributed by atoms with E-state index in [0.717, 1.165) is 38.2 Å². The Labute approximate surface area is 272 Å². The van der Waals surface area contributed by atoms with Crippen LogP contribution in [0.4, 0.5) is 17.1 Å². The molecule has 0 amide bonds. The Bertz CT molecular complexity index is 2460. The number of hydrogen-bond donors (Lipinski definition) is 0. The second-order valence-electron chi connectivity index (χ2n) is 12.2. The van der Waals surface area contributed by atoms with Gasteiger partial charge in [-0.3, -0.25) is 0 Å². The third kappa shape index (κ3) is 3.21. The number of rotatable bonds is 2. The molecule has 10 rings (SSSR count). The average molecular weight is 607 g/mol. The van der Waals surface area contributed by atoms with Crippen LogP contribution in [0.1, 0.15) is 22.3 Å². The fraction of sp³-hybridized carbons (Fsp3) is 0.0233. The van der Waals surface area contributed by atoms with Crippen LogP contribution in [0.15, 0.2) is 164 Å². The van der Waals surface area contributed by atoms with Crippen molar-refractivity contribution in [3.8, 4) is 16.8 Å². The lowest BCUT2D eigenvalue weighted by Gasteiger charge is -2.45. The first-order chi connectivity index (χ1) is 22.8. The number of nitrogens with zero attached hydrogens (tertiary/aromatic N) is 2. The Morgan fingerprint density at radius 3 is 1.83 bits per heavy atom. The number of aromatic nitrogens is 1. The van der Waals surface area contributed by atoms with E-state index in [0.29, 0.717) is 0 Å². The summed E-state index contributed by atoms with van der Waals surface area (Å²) >= 11 is 6.83. The molecule has 1 aliphatic heterocycles. The average Bonchev–Trinajstić information content (AvgIpc) is 3.61. The van der Waals surface area contributed by atoms with E-state index in [1.54, 1.807) is 0 Å². The van der Waals surface area contributed by atoms with Gasteiger partial charge in [-0.15, -0.1) is 0 Å². The maximum Gasteiger partial charge on any atom is 0.0754 e. The molecular weight excluding hydrogens is 580 g/mol. The summed E-state index contributed by atoms with van der Waals surface area (Å²) in [6.07, 6.45) is 0. The second-order valence-corrected chi connectivity index (χ2v) is 12.6. The summed E-state index contributed by atoms with van der Waals surface area (Å²) in [6, 6.07) is 59.5. The van der Waals surface area contributed by atoms with Crippen LogP contribution in [0.2, 0.25) is 5.02 Å². The number of fused-ring (bicyclic) bond motifs is 12. The number of hydrogen-bond acceptors (Lipinski definition) is 1. The van der Waals surface area contributed by atoms with E-state index in [4.69, 9.17) is 11.6 Å². The predicted molar refractivity (Wildman–Crippen MR) is 191 cm³/mol. The summed E-state index contributed by atoms with van der Waals surface area (Å²) < 4.78 is 2.37. The van der Waals surface area contributed by atoms with Crippen LogP contribution in [-0.4, -0.2) is 4.57 Å². The summed E-state index contributed by atoms with van der Waals surface area (Å²) in [6.45, 7) is 0. The zero-order valence-corrected chi connectivity index (χ0v) is 25.6. The van der Waals surface area contributed by atoms with E-state index in [1.807, 2.05) is 12.1 Å². The molecule has 1 spiro atoms. The van der Waals surface area contributed by atoms with E-state index < -0.39 is 5.41 Å². The molecule has 0 N–H and O–H groups in total. The van der Waals surface area contributed by atoms with Crippen LogP contribution in [0.5, 0.6) is 0 Å². The van der Waals surface area contributed by atoms with Crippen molar-refractivity contribution >= 4 is 50.5 Å². The summed E-state index contributed by atoms with van der Waals surface area (Å²) in [5.74, 6) is 0. The van der Waals surface area contributed by atoms with Gasteiger partial charge in [0, 0.05) is 22.1 Å². The molecule has 0 atom stereocenters. The first-order valence-electron chi connectivity index (χ1n) is 15.7. The molecule has 0 bridgehead atoms. The Kier molecular flexibility index (Phi) is 5.29. The molecule has 2 aliphatic rings. The largest absolute Gasteiger partial charge is 0.310 e. The van der Waals surface area contributed by atoms with Crippen molar-refractivity contribution in [1.29, 1.82) is 0 Å². The molecule has 0 unspecified atom stereocenters. The first-order valence-corrected chi connectivity index (χ1v) is 16.1. The lowest BCUT2D eigenvalue weighted by atomic mass is 9.64. The minimum Gasteiger partial charge on any atom is -0.310 e. The Hall–Kier alpha value is -5.57. The fourth-order valence-electron chi connectivity index (χ4n) is 8.35. The molecular formula is C43H27ClN2. The third-order valence-corrected chi connectivity index (χ3v) is 10.4. The summed E-state index contributed by atoms with van der Waals surface area (Å²) in [5.41, 5.74) is 14.2. The SMILES string of the molecule is Clc1cccc2c1c1ccccc1n2-c1ccc2c(c1)-c1ccccc1C21c2ccccc2N(c2ccccc2)c2ccccc21. The molecule has 2 nitrogen and oxygen atoms in total. The van der Waals surface area contributed by atoms with Crippen molar-refractivity contribution in [2.24, 2.45) is 0 Å². The minimum atomic E-state index is -0.465. The van der Waals surface area contributed by atoms with E-state index in [9.17, 15) is 0 Å². The van der Waals surface area contributed by atoms with Crippen LogP contribution in [-0.2, 0) is 5.41 Å². The van der Waals surface area contributed by atoms with Gasteiger partial charge in [0.15, 0.2) is 0 Å². The molecule has 1 aromatic heterocycles. The van der Waals surface area contributed by atoms with Gasteiger partial charge < -0.3 is 9.47 Å². The molecule has 7 aromatic carbocycles. The van der Waals surface area contributed by atoms with E-state index in [2.05, 4.69) is 161 Å². The van der Waals surface area contributed by atoms with Crippen LogP contribution in [0.3, 0.4) is 0 Å². The van der Waals surface area contributed by atoms with Crippen molar-refractivity contribution in [2.75, 3.05) is 4.90 Å². The van der Waals surface area contributed by atoms with Gasteiger partial charge in [0.05, 0.1) is 32.8 Å². The Morgan fingerprint density at radius 2 is 1.04 bits per heavy atom. The van der Waals surface area contributed by atoms with E-state index in [1.165, 1.54) is 44.8 Å². The minimum absolute atomic E-state index is 0.465. The number of halogens is 1. The fourth-order valence-corrected chi connectivity index (χ4v) is 8.62.